The Bertz CT molecular complexity index is 827. The number of fused-ring (bicyclic) bond motifs is 1. The molecule has 8 heteroatoms. The summed E-state index contributed by atoms with van der Waals surface area (Å²) in [6.07, 6.45) is 3.85. The monoisotopic (exact) mass is 363 g/mol. The largest absolute Gasteiger partial charge is 0.485 e. The highest BCUT2D eigenvalue weighted by molar-refractivity contribution is 7.16. The van der Waals surface area contributed by atoms with Gasteiger partial charge in [0.15, 0.2) is 10.8 Å². The fourth-order valence-corrected chi connectivity index (χ4v) is 3.83. The van der Waals surface area contributed by atoms with E-state index in [2.05, 4.69) is 20.2 Å². The second-order valence-corrected chi connectivity index (χ2v) is 7.31. The Morgan fingerprint density at radius 3 is 2.79 bits per heavy atom. The number of hydrogen-bond donors (Lipinski definition) is 0. The Morgan fingerprint density at radius 2 is 1.96 bits per heavy atom. The molecule has 1 aliphatic rings. The van der Waals surface area contributed by atoms with Crippen LogP contribution in [0.3, 0.4) is 0 Å². The van der Waals surface area contributed by atoms with Crippen LogP contribution in [0.4, 0.5) is 0 Å². The molecule has 0 unspecified atom stereocenters. The number of hydrogen-bond acceptors (Lipinski definition) is 6. The van der Waals surface area contributed by atoms with Crippen LogP contribution in [-0.4, -0.2) is 37.8 Å². The summed E-state index contributed by atoms with van der Waals surface area (Å²) in [5, 5.41) is 14.6. The number of nitrogens with zero attached hydrogens (tertiary/aromatic N) is 5. The lowest BCUT2D eigenvalue weighted by molar-refractivity contribution is 0.214. The van der Waals surface area contributed by atoms with E-state index in [1.165, 1.54) is 30.6 Å². The lowest BCUT2D eigenvalue weighted by atomic mass is 10.1. The highest BCUT2D eigenvalue weighted by Gasteiger charge is 2.17. The van der Waals surface area contributed by atoms with Crippen LogP contribution in [0.2, 0.25) is 5.02 Å². The molecule has 0 bridgehead atoms. The molecular formula is C16H18ClN5OS. The van der Waals surface area contributed by atoms with Crippen LogP contribution in [0.1, 0.15) is 30.1 Å². The summed E-state index contributed by atoms with van der Waals surface area (Å²) >= 11 is 7.60. The zero-order valence-electron chi connectivity index (χ0n) is 13.2. The van der Waals surface area contributed by atoms with Gasteiger partial charge in [0.1, 0.15) is 12.4 Å². The normalized spacial score (nSPS) is 15.9. The van der Waals surface area contributed by atoms with Gasteiger partial charge >= 0.3 is 0 Å². The molecule has 0 radical (unpaired) electrons. The fourth-order valence-electron chi connectivity index (χ4n) is 2.87. The summed E-state index contributed by atoms with van der Waals surface area (Å²) in [7, 11) is 0. The maximum absolute atomic E-state index is 6.11. The summed E-state index contributed by atoms with van der Waals surface area (Å²) in [5.41, 5.74) is 0. The van der Waals surface area contributed by atoms with Crippen LogP contribution in [0, 0.1) is 0 Å². The first-order chi connectivity index (χ1) is 11.8. The third-order valence-electron chi connectivity index (χ3n) is 4.10. The summed E-state index contributed by atoms with van der Waals surface area (Å²) in [6, 6.07) is 7.44. The van der Waals surface area contributed by atoms with Gasteiger partial charge in [-0.05, 0) is 38.1 Å². The number of aromatic nitrogens is 4. The van der Waals surface area contributed by atoms with Crippen molar-refractivity contribution in [2.24, 2.45) is 0 Å². The minimum Gasteiger partial charge on any atom is -0.485 e. The second kappa shape index (κ2) is 7.04. The van der Waals surface area contributed by atoms with Crippen molar-refractivity contribution in [2.45, 2.75) is 32.4 Å². The summed E-state index contributed by atoms with van der Waals surface area (Å²) in [6.45, 7) is 3.43. The zero-order valence-corrected chi connectivity index (χ0v) is 14.8. The molecule has 2 aromatic heterocycles. The Balaban J connectivity index is 1.46. The summed E-state index contributed by atoms with van der Waals surface area (Å²) in [4.78, 5) is 3.22. The van der Waals surface area contributed by atoms with Crippen molar-refractivity contribution in [1.82, 2.24) is 24.7 Å². The minimum atomic E-state index is 0.376. The van der Waals surface area contributed by atoms with Crippen molar-refractivity contribution < 1.29 is 4.74 Å². The van der Waals surface area contributed by atoms with Gasteiger partial charge < -0.3 is 4.74 Å². The molecule has 4 rings (SSSR count). The smallest absolute Gasteiger partial charge is 0.234 e. The molecule has 126 valence electrons. The fraction of sp³-hybridized carbons (Fsp3) is 0.438. The van der Waals surface area contributed by atoms with Gasteiger partial charge in [-0.15, -0.1) is 10.2 Å². The molecule has 1 fully saturated rings. The minimum absolute atomic E-state index is 0.376. The first-order valence-corrected chi connectivity index (χ1v) is 9.29. The van der Waals surface area contributed by atoms with Crippen LogP contribution in [-0.2, 0) is 13.2 Å². The van der Waals surface area contributed by atoms with Gasteiger partial charge in [-0.25, -0.2) is 0 Å². The molecule has 0 aliphatic carbocycles. The standard InChI is InChI=1S/C16H18ClN5OS/c17-12-6-2-3-7-13(12)23-11-15-20-22-14(18-19-16(22)24-15)10-21-8-4-1-5-9-21/h2-3,6-7H,1,4-5,8-11H2. The maximum Gasteiger partial charge on any atom is 0.234 e. The molecule has 24 heavy (non-hydrogen) atoms. The zero-order chi connectivity index (χ0) is 16.4. The summed E-state index contributed by atoms with van der Waals surface area (Å²) in [5.74, 6) is 1.56. The molecular weight excluding hydrogens is 346 g/mol. The molecule has 3 heterocycles. The van der Waals surface area contributed by atoms with Crippen molar-refractivity contribution in [3.05, 3.63) is 40.1 Å². The Kier molecular flexibility index (Phi) is 4.64. The van der Waals surface area contributed by atoms with Gasteiger partial charge in [0.25, 0.3) is 0 Å². The lowest BCUT2D eigenvalue weighted by Crippen LogP contribution is -2.30. The van der Waals surface area contributed by atoms with E-state index in [9.17, 15) is 0 Å². The molecule has 1 saturated heterocycles. The second-order valence-electron chi connectivity index (χ2n) is 5.86. The molecule has 0 N–H and O–H groups in total. The van der Waals surface area contributed by atoms with E-state index in [-0.39, 0.29) is 0 Å². The average Bonchev–Trinajstić information content (AvgIpc) is 3.17. The third-order valence-corrected chi connectivity index (χ3v) is 5.28. The quantitative estimate of drug-likeness (QED) is 0.695. The van der Waals surface area contributed by atoms with Gasteiger partial charge in [0.05, 0.1) is 11.6 Å². The Labute approximate surface area is 149 Å². The van der Waals surface area contributed by atoms with E-state index < -0.39 is 0 Å². The van der Waals surface area contributed by atoms with Crippen molar-refractivity contribution in [3.8, 4) is 5.75 Å². The van der Waals surface area contributed by atoms with E-state index in [1.54, 1.807) is 0 Å². The number of ether oxygens (including phenoxy) is 1. The van der Waals surface area contributed by atoms with Crippen LogP contribution in [0.25, 0.3) is 4.96 Å². The molecule has 6 nitrogen and oxygen atoms in total. The number of piperidine rings is 1. The number of benzene rings is 1. The van der Waals surface area contributed by atoms with Crippen molar-refractivity contribution in [2.75, 3.05) is 13.1 Å². The predicted molar refractivity (Wildman–Crippen MR) is 93.6 cm³/mol. The van der Waals surface area contributed by atoms with Gasteiger partial charge in [-0.2, -0.15) is 9.61 Å². The summed E-state index contributed by atoms with van der Waals surface area (Å²) < 4.78 is 7.59. The third kappa shape index (κ3) is 3.38. The van der Waals surface area contributed by atoms with Crippen LogP contribution in [0.5, 0.6) is 5.75 Å². The molecule has 0 saturated carbocycles. The maximum atomic E-state index is 6.11. The van der Waals surface area contributed by atoms with E-state index >= 15 is 0 Å². The average molecular weight is 364 g/mol. The highest BCUT2D eigenvalue weighted by Crippen LogP contribution is 2.25. The van der Waals surface area contributed by atoms with E-state index in [1.807, 2.05) is 28.8 Å². The number of para-hydroxylation sites is 1. The molecule has 0 atom stereocenters. The molecule has 1 aromatic carbocycles. The predicted octanol–water partition coefficient (Wildman–Crippen LogP) is 3.40. The SMILES string of the molecule is Clc1ccccc1OCc1nn2c(CN3CCCCC3)nnc2s1. The Hall–Kier alpha value is -1.70. The van der Waals surface area contributed by atoms with E-state index in [0.29, 0.717) is 17.4 Å². The van der Waals surface area contributed by atoms with Crippen LogP contribution < -0.4 is 4.74 Å². The first-order valence-electron chi connectivity index (χ1n) is 8.09. The first kappa shape index (κ1) is 15.8. The van der Waals surface area contributed by atoms with Crippen LogP contribution >= 0.6 is 22.9 Å². The van der Waals surface area contributed by atoms with Crippen LogP contribution in [0.15, 0.2) is 24.3 Å². The number of likely N-dealkylation sites (tertiary alicyclic amines) is 1. The van der Waals surface area contributed by atoms with Gasteiger partial charge in [0.2, 0.25) is 4.96 Å². The van der Waals surface area contributed by atoms with Crippen molar-refractivity contribution in [3.63, 3.8) is 0 Å². The number of halogens is 1. The van der Waals surface area contributed by atoms with Crippen molar-refractivity contribution >= 4 is 27.9 Å². The Morgan fingerprint density at radius 1 is 1.12 bits per heavy atom. The van der Waals surface area contributed by atoms with E-state index in [0.717, 1.165) is 35.4 Å². The molecule has 1 aliphatic heterocycles. The molecule has 0 spiro atoms. The van der Waals surface area contributed by atoms with E-state index in [4.69, 9.17) is 16.3 Å². The van der Waals surface area contributed by atoms with Crippen molar-refractivity contribution in [1.29, 1.82) is 0 Å². The van der Waals surface area contributed by atoms with Gasteiger partial charge in [0, 0.05) is 0 Å². The molecule has 0 amide bonds. The van der Waals surface area contributed by atoms with Gasteiger partial charge in [-0.1, -0.05) is 41.5 Å². The topological polar surface area (TPSA) is 55.6 Å². The number of rotatable bonds is 5. The van der Waals surface area contributed by atoms with Gasteiger partial charge in [-0.3, -0.25) is 4.90 Å². The molecule has 3 aromatic rings. The lowest BCUT2D eigenvalue weighted by Gasteiger charge is -2.25. The highest BCUT2D eigenvalue weighted by atomic mass is 35.5.